The van der Waals surface area contributed by atoms with Gasteiger partial charge in [0.1, 0.15) is 0 Å². The lowest BCUT2D eigenvalue weighted by Crippen LogP contribution is -2.13. The molecule has 2 N–H and O–H groups in total. The third kappa shape index (κ3) is 2.85. The molecule has 1 atom stereocenters. The predicted octanol–water partition coefficient (Wildman–Crippen LogP) is 2.43. The van der Waals surface area contributed by atoms with Crippen LogP contribution in [0.4, 0.5) is 13.2 Å². The summed E-state index contributed by atoms with van der Waals surface area (Å²) in [6, 6.07) is 2.70. The van der Waals surface area contributed by atoms with E-state index in [-0.39, 0.29) is 9.13 Å². The molecule has 0 fully saturated rings. The SMILES string of the molecule is O=C(O)C(O)c1ccc(C(F)(F)F)c(I)c1. The molecule has 0 spiro atoms. The topological polar surface area (TPSA) is 57.5 Å². The minimum absolute atomic E-state index is 0.0788. The summed E-state index contributed by atoms with van der Waals surface area (Å²) in [5, 5.41) is 17.6. The van der Waals surface area contributed by atoms with Gasteiger partial charge in [-0.05, 0) is 40.3 Å². The number of aliphatic hydroxyl groups excluding tert-OH is 1. The lowest BCUT2D eigenvalue weighted by Gasteiger charge is -2.11. The molecule has 0 bridgehead atoms. The fourth-order valence-corrected chi connectivity index (χ4v) is 1.92. The molecule has 0 saturated carbocycles. The van der Waals surface area contributed by atoms with E-state index in [1.165, 1.54) is 22.6 Å². The predicted molar refractivity (Wildman–Crippen MR) is 56.8 cm³/mol. The van der Waals surface area contributed by atoms with Crippen molar-refractivity contribution in [2.24, 2.45) is 0 Å². The molecule has 0 radical (unpaired) electrons. The van der Waals surface area contributed by atoms with Gasteiger partial charge in [0, 0.05) is 3.57 Å². The lowest BCUT2D eigenvalue weighted by atomic mass is 10.1. The highest BCUT2D eigenvalue weighted by molar-refractivity contribution is 14.1. The molecule has 88 valence electrons. The molecule has 1 aromatic carbocycles. The quantitative estimate of drug-likeness (QED) is 0.809. The Morgan fingerprint density at radius 2 is 1.94 bits per heavy atom. The van der Waals surface area contributed by atoms with Crippen LogP contribution in [0.25, 0.3) is 0 Å². The number of aliphatic carboxylic acids is 1. The second-order valence-electron chi connectivity index (χ2n) is 2.98. The van der Waals surface area contributed by atoms with Gasteiger partial charge in [0.2, 0.25) is 0 Å². The van der Waals surface area contributed by atoms with E-state index in [2.05, 4.69) is 0 Å². The van der Waals surface area contributed by atoms with Crippen molar-refractivity contribution < 1.29 is 28.2 Å². The highest BCUT2D eigenvalue weighted by Gasteiger charge is 2.33. The van der Waals surface area contributed by atoms with Crippen molar-refractivity contribution in [2.45, 2.75) is 12.3 Å². The van der Waals surface area contributed by atoms with Crippen molar-refractivity contribution >= 4 is 28.6 Å². The fraction of sp³-hybridized carbons (Fsp3) is 0.222. The van der Waals surface area contributed by atoms with Crippen molar-refractivity contribution in [2.75, 3.05) is 0 Å². The first-order valence-electron chi connectivity index (χ1n) is 4.01. The number of carboxylic acids is 1. The van der Waals surface area contributed by atoms with Crippen molar-refractivity contribution in [1.29, 1.82) is 0 Å². The minimum atomic E-state index is -4.48. The van der Waals surface area contributed by atoms with Crippen LogP contribution in [0.2, 0.25) is 0 Å². The molecule has 16 heavy (non-hydrogen) atoms. The average molecular weight is 346 g/mol. The molecule has 1 unspecified atom stereocenters. The Morgan fingerprint density at radius 1 is 1.38 bits per heavy atom. The summed E-state index contributed by atoms with van der Waals surface area (Å²) < 4.78 is 36.9. The van der Waals surface area contributed by atoms with Crippen LogP contribution in [-0.4, -0.2) is 16.2 Å². The summed E-state index contributed by atoms with van der Waals surface area (Å²) in [5.74, 6) is -1.50. The highest BCUT2D eigenvalue weighted by Crippen LogP contribution is 2.33. The van der Waals surface area contributed by atoms with E-state index in [1.54, 1.807) is 0 Å². The summed E-state index contributed by atoms with van der Waals surface area (Å²) in [6.45, 7) is 0. The molecule has 0 aromatic heterocycles. The number of benzene rings is 1. The second-order valence-corrected chi connectivity index (χ2v) is 4.14. The molecular weight excluding hydrogens is 340 g/mol. The third-order valence-electron chi connectivity index (χ3n) is 1.85. The maximum atomic E-state index is 12.4. The first-order valence-corrected chi connectivity index (χ1v) is 5.09. The molecule has 0 aliphatic carbocycles. The molecule has 0 heterocycles. The number of carbonyl (C=O) groups is 1. The first-order chi connectivity index (χ1) is 7.23. The van der Waals surface area contributed by atoms with Gasteiger partial charge in [0.25, 0.3) is 0 Å². The number of rotatable bonds is 2. The number of hydrogen-bond donors (Lipinski definition) is 2. The van der Waals surface area contributed by atoms with E-state index in [9.17, 15) is 18.0 Å². The number of alkyl halides is 3. The summed E-state index contributed by atoms with van der Waals surface area (Å²) in [6.07, 6.45) is -6.29. The van der Waals surface area contributed by atoms with E-state index in [0.29, 0.717) is 0 Å². The molecular formula is C9H6F3IO3. The minimum Gasteiger partial charge on any atom is -0.479 e. The van der Waals surface area contributed by atoms with Gasteiger partial charge in [-0.15, -0.1) is 0 Å². The third-order valence-corrected chi connectivity index (χ3v) is 2.74. The van der Waals surface area contributed by atoms with Crippen LogP contribution in [-0.2, 0) is 11.0 Å². The Morgan fingerprint density at radius 3 is 2.31 bits per heavy atom. The molecule has 1 rings (SSSR count). The Balaban J connectivity index is 3.14. The smallest absolute Gasteiger partial charge is 0.417 e. The van der Waals surface area contributed by atoms with E-state index in [1.807, 2.05) is 0 Å². The lowest BCUT2D eigenvalue weighted by molar-refractivity contribution is -0.146. The largest absolute Gasteiger partial charge is 0.479 e. The average Bonchev–Trinajstić information content (AvgIpc) is 2.14. The van der Waals surface area contributed by atoms with Gasteiger partial charge in [-0.3, -0.25) is 0 Å². The van der Waals surface area contributed by atoms with Gasteiger partial charge in [-0.2, -0.15) is 13.2 Å². The monoisotopic (exact) mass is 346 g/mol. The van der Waals surface area contributed by atoms with Gasteiger partial charge in [0.05, 0.1) is 5.56 Å². The summed E-state index contributed by atoms with van der Waals surface area (Å²) in [7, 11) is 0. The van der Waals surface area contributed by atoms with Crippen LogP contribution in [0.15, 0.2) is 18.2 Å². The normalized spacial score (nSPS) is 13.6. The summed E-state index contributed by atoms with van der Waals surface area (Å²) in [5.41, 5.74) is -0.931. The molecule has 7 heteroatoms. The van der Waals surface area contributed by atoms with Crippen LogP contribution in [0, 0.1) is 3.57 Å². The molecule has 0 aliphatic heterocycles. The van der Waals surface area contributed by atoms with Crippen LogP contribution in [0.3, 0.4) is 0 Å². The Hall–Kier alpha value is -0.830. The van der Waals surface area contributed by atoms with Crippen molar-refractivity contribution in [3.05, 3.63) is 32.9 Å². The van der Waals surface area contributed by atoms with Crippen LogP contribution < -0.4 is 0 Å². The zero-order valence-corrected chi connectivity index (χ0v) is 9.78. The Labute approximate surface area is 102 Å². The van der Waals surface area contributed by atoms with E-state index >= 15 is 0 Å². The molecule has 3 nitrogen and oxygen atoms in total. The van der Waals surface area contributed by atoms with Crippen LogP contribution in [0.5, 0.6) is 0 Å². The number of aliphatic hydroxyl groups is 1. The standard InChI is InChI=1S/C9H6F3IO3/c10-9(11,12)5-2-1-4(3-6(5)13)7(14)8(15)16/h1-3,7,14H,(H,15,16). The maximum Gasteiger partial charge on any atom is 0.417 e. The van der Waals surface area contributed by atoms with E-state index in [0.717, 1.165) is 18.2 Å². The summed E-state index contributed by atoms with van der Waals surface area (Å²) in [4.78, 5) is 10.4. The molecule has 0 aliphatic rings. The van der Waals surface area contributed by atoms with Gasteiger partial charge < -0.3 is 10.2 Å². The molecule has 0 amide bonds. The Kier molecular flexibility index (Phi) is 3.79. The van der Waals surface area contributed by atoms with Crippen molar-refractivity contribution in [3.63, 3.8) is 0 Å². The number of carboxylic acid groups (broad SMARTS) is 1. The Bertz CT molecular complexity index is 417. The first kappa shape index (κ1) is 13.2. The highest BCUT2D eigenvalue weighted by atomic mass is 127. The van der Waals surface area contributed by atoms with Gasteiger partial charge in [-0.1, -0.05) is 6.07 Å². The van der Waals surface area contributed by atoms with Gasteiger partial charge in [0.15, 0.2) is 6.10 Å². The molecule has 0 saturated heterocycles. The van der Waals surface area contributed by atoms with Gasteiger partial charge >= 0.3 is 12.1 Å². The number of hydrogen-bond acceptors (Lipinski definition) is 2. The zero-order valence-electron chi connectivity index (χ0n) is 7.62. The van der Waals surface area contributed by atoms with Crippen molar-refractivity contribution in [1.82, 2.24) is 0 Å². The molecule has 1 aromatic rings. The fourth-order valence-electron chi connectivity index (χ4n) is 1.07. The zero-order chi connectivity index (χ0) is 12.5. The summed E-state index contributed by atoms with van der Waals surface area (Å²) >= 11 is 1.44. The van der Waals surface area contributed by atoms with Crippen LogP contribution in [0.1, 0.15) is 17.2 Å². The second kappa shape index (κ2) is 4.58. The number of halogens is 4. The van der Waals surface area contributed by atoms with Crippen LogP contribution >= 0.6 is 22.6 Å². The van der Waals surface area contributed by atoms with Crippen molar-refractivity contribution in [3.8, 4) is 0 Å². The van der Waals surface area contributed by atoms with Gasteiger partial charge in [-0.25, -0.2) is 4.79 Å². The van der Waals surface area contributed by atoms with E-state index in [4.69, 9.17) is 10.2 Å². The maximum absolute atomic E-state index is 12.4. The van der Waals surface area contributed by atoms with E-state index < -0.39 is 23.8 Å².